The lowest BCUT2D eigenvalue weighted by Crippen LogP contribution is -2.36. The third-order valence-electron chi connectivity index (χ3n) is 3.25. The Balaban J connectivity index is 2.56. The second-order valence-electron chi connectivity index (χ2n) is 4.81. The maximum Gasteiger partial charge on any atom is 0.127 e. The van der Waals surface area contributed by atoms with Gasteiger partial charge in [-0.05, 0) is 25.0 Å². The van der Waals surface area contributed by atoms with E-state index in [1.807, 2.05) is 56.3 Å². The van der Waals surface area contributed by atoms with Crippen LogP contribution in [0.3, 0.4) is 0 Å². The van der Waals surface area contributed by atoms with Gasteiger partial charge in [0, 0.05) is 6.54 Å². The van der Waals surface area contributed by atoms with Crippen molar-refractivity contribution < 1.29 is 5.11 Å². The predicted molar refractivity (Wildman–Crippen MR) is 74.4 cm³/mol. The molecule has 0 aliphatic carbocycles. The molecule has 0 aliphatic heterocycles. The van der Waals surface area contributed by atoms with Crippen molar-refractivity contribution in [2.24, 2.45) is 5.73 Å². The van der Waals surface area contributed by atoms with Crippen molar-refractivity contribution in [1.82, 2.24) is 0 Å². The van der Waals surface area contributed by atoms with Gasteiger partial charge in [-0.3, -0.25) is 0 Å². The Morgan fingerprint density at radius 2 is 1.50 bits per heavy atom. The third-order valence-corrected chi connectivity index (χ3v) is 3.25. The van der Waals surface area contributed by atoms with Gasteiger partial charge in [0.05, 0.1) is 0 Å². The fourth-order valence-corrected chi connectivity index (χ4v) is 2.33. The van der Waals surface area contributed by atoms with Crippen molar-refractivity contribution in [1.29, 1.82) is 0 Å². The lowest BCUT2D eigenvalue weighted by molar-refractivity contribution is 0.0901. The van der Waals surface area contributed by atoms with Gasteiger partial charge in [-0.25, -0.2) is 0 Å². The summed E-state index contributed by atoms with van der Waals surface area (Å²) in [6.07, 6.45) is 0. The fraction of sp³-hybridized carbons (Fsp3) is 0.250. The van der Waals surface area contributed by atoms with Crippen LogP contribution in [0.5, 0.6) is 0 Å². The third kappa shape index (κ3) is 2.30. The van der Waals surface area contributed by atoms with Crippen LogP contribution in [-0.2, 0) is 5.60 Å². The van der Waals surface area contributed by atoms with Crippen molar-refractivity contribution >= 4 is 0 Å². The minimum Gasteiger partial charge on any atom is -0.379 e. The van der Waals surface area contributed by atoms with Gasteiger partial charge in [-0.1, -0.05) is 59.7 Å². The first-order valence-electron chi connectivity index (χ1n) is 6.13. The Morgan fingerprint density at radius 3 is 2.00 bits per heavy atom. The number of aryl methyl sites for hydroxylation is 2. The fourth-order valence-electron chi connectivity index (χ4n) is 2.33. The Morgan fingerprint density at radius 1 is 0.944 bits per heavy atom. The SMILES string of the molecule is Cc1cc(C)cc(C(O)(CN)c2ccccc2)c1. The molecule has 2 aromatic carbocycles. The first-order valence-corrected chi connectivity index (χ1v) is 6.13. The molecule has 0 saturated heterocycles. The van der Waals surface area contributed by atoms with E-state index < -0.39 is 5.60 Å². The van der Waals surface area contributed by atoms with Crippen molar-refractivity contribution in [2.45, 2.75) is 19.4 Å². The first kappa shape index (κ1) is 12.8. The highest BCUT2D eigenvalue weighted by molar-refractivity contribution is 5.40. The van der Waals surface area contributed by atoms with Gasteiger partial charge in [0.15, 0.2) is 0 Å². The highest BCUT2D eigenvalue weighted by atomic mass is 16.3. The number of hydrogen-bond acceptors (Lipinski definition) is 2. The largest absolute Gasteiger partial charge is 0.379 e. The van der Waals surface area contributed by atoms with Gasteiger partial charge >= 0.3 is 0 Å². The molecule has 0 amide bonds. The Kier molecular flexibility index (Phi) is 3.50. The molecule has 94 valence electrons. The van der Waals surface area contributed by atoms with Gasteiger partial charge in [0.25, 0.3) is 0 Å². The minimum absolute atomic E-state index is 0.167. The summed E-state index contributed by atoms with van der Waals surface area (Å²) in [5.74, 6) is 0. The molecular formula is C16H19NO. The molecule has 0 radical (unpaired) electrons. The zero-order valence-corrected chi connectivity index (χ0v) is 10.9. The normalized spacial score (nSPS) is 14.2. The van der Waals surface area contributed by atoms with Crippen LogP contribution < -0.4 is 5.73 Å². The van der Waals surface area contributed by atoms with E-state index in [2.05, 4.69) is 6.07 Å². The molecule has 0 spiro atoms. The highest BCUT2D eigenvalue weighted by Crippen LogP contribution is 2.29. The smallest absolute Gasteiger partial charge is 0.127 e. The molecule has 1 atom stereocenters. The molecule has 0 saturated carbocycles. The van der Waals surface area contributed by atoms with Crippen molar-refractivity contribution in [3.05, 3.63) is 70.8 Å². The van der Waals surface area contributed by atoms with Crippen LogP contribution in [0.25, 0.3) is 0 Å². The van der Waals surface area contributed by atoms with Gasteiger partial charge in [0.1, 0.15) is 5.60 Å². The number of rotatable bonds is 3. The van der Waals surface area contributed by atoms with E-state index in [1.54, 1.807) is 0 Å². The molecule has 0 heterocycles. The van der Waals surface area contributed by atoms with Gasteiger partial charge in [-0.15, -0.1) is 0 Å². The second kappa shape index (κ2) is 4.92. The molecule has 2 aromatic rings. The summed E-state index contributed by atoms with van der Waals surface area (Å²) in [5.41, 5.74) is 8.66. The monoisotopic (exact) mass is 241 g/mol. The van der Waals surface area contributed by atoms with Crippen molar-refractivity contribution in [3.8, 4) is 0 Å². The summed E-state index contributed by atoms with van der Waals surface area (Å²) < 4.78 is 0. The van der Waals surface area contributed by atoms with E-state index in [9.17, 15) is 5.11 Å². The average Bonchev–Trinajstić information content (AvgIpc) is 2.37. The molecule has 2 nitrogen and oxygen atoms in total. The maximum atomic E-state index is 10.9. The molecule has 2 heteroatoms. The molecule has 0 aliphatic rings. The topological polar surface area (TPSA) is 46.2 Å². The molecule has 0 aromatic heterocycles. The van der Waals surface area contributed by atoms with Gasteiger partial charge in [-0.2, -0.15) is 0 Å². The molecule has 0 fully saturated rings. The zero-order chi connectivity index (χ0) is 13.2. The summed E-state index contributed by atoms with van der Waals surface area (Å²) in [7, 11) is 0. The van der Waals surface area contributed by atoms with Crippen molar-refractivity contribution in [3.63, 3.8) is 0 Å². The van der Waals surface area contributed by atoms with E-state index in [1.165, 1.54) is 0 Å². The molecule has 1 unspecified atom stereocenters. The van der Waals surface area contributed by atoms with Crippen LogP contribution in [0.2, 0.25) is 0 Å². The van der Waals surface area contributed by atoms with Gasteiger partial charge in [0.2, 0.25) is 0 Å². The predicted octanol–water partition coefficient (Wildman–Crippen LogP) is 2.50. The number of nitrogens with two attached hydrogens (primary N) is 1. The number of aliphatic hydroxyl groups is 1. The second-order valence-corrected chi connectivity index (χ2v) is 4.81. The van der Waals surface area contributed by atoms with E-state index in [4.69, 9.17) is 5.73 Å². The van der Waals surface area contributed by atoms with E-state index >= 15 is 0 Å². The molecule has 2 rings (SSSR count). The Hall–Kier alpha value is -1.64. The van der Waals surface area contributed by atoms with Crippen LogP contribution in [0.1, 0.15) is 22.3 Å². The van der Waals surface area contributed by atoms with Crippen LogP contribution in [0.15, 0.2) is 48.5 Å². The van der Waals surface area contributed by atoms with Crippen LogP contribution >= 0.6 is 0 Å². The molecule has 3 N–H and O–H groups in total. The Labute approximate surface area is 108 Å². The summed E-state index contributed by atoms with van der Waals surface area (Å²) in [6, 6.07) is 15.7. The number of hydrogen-bond donors (Lipinski definition) is 2. The lowest BCUT2D eigenvalue weighted by atomic mass is 9.85. The van der Waals surface area contributed by atoms with E-state index in [0.29, 0.717) is 0 Å². The molecule has 18 heavy (non-hydrogen) atoms. The van der Waals surface area contributed by atoms with Crippen LogP contribution in [-0.4, -0.2) is 11.7 Å². The summed E-state index contributed by atoms with van der Waals surface area (Å²) in [4.78, 5) is 0. The van der Waals surface area contributed by atoms with Gasteiger partial charge < -0.3 is 10.8 Å². The van der Waals surface area contributed by atoms with Crippen molar-refractivity contribution in [2.75, 3.05) is 6.54 Å². The summed E-state index contributed by atoms with van der Waals surface area (Å²) in [5, 5.41) is 10.9. The lowest BCUT2D eigenvalue weighted by Gasteiger charge is -2.28. The quantitative estimate of drug-likeness (QED) is 0.867. The first-order chi connectivity index (χ1) is 8.56. The minimum atomic E-state index is -1.11. The standard InChI is InChI=1S/C16H19NO/c1-12-8-13(2)10-15(9-12)16(18,11-17)14-6-4-3-5-7-14/h3-10,18H,11,17H2,1-2H3. The maximum absolute atomic E-state index is 10.9. The van der Waals surface area contributed by atoms with Crippen LogP contribution in [0, 0.1) is 13.8 Å². The Bertz CT molecular complexity index is 516. The molecule has 0 bridgehead atoms. The van der Waals surface area contributed by atoms with E-state index in [-0.39, 0.29) is 6.54 Å². The average molecular weight is 241 g/mol. The summed E-state index contributed by atoms with van der Waals surface area (Å²) in [6.45, 7) is 4.22. The van der Waals surface area contributed by atoms with Crippen LogP contribution in [0.4, 0.5) is 0 Å². The van der Waals surface area contributed by atoms with E-state index in [0.717, 1.165) is 22.3 Å². The molecular weight excluding hydrogens is 222 g/mol. The number of benzene rings is 2. The summed E-state index contributed by atoms with van der Waals surface area (Å²) >= 11 is 0. The zero-order valence-electron chi connectivity index (χ0n) is 10.9. The highest BCUT2D eigenvalue weighted by Gasteiger charge is 2.29.